The van der Waals surface area contributed by atoms with Crippen LogP contribution in [0.1, 0.15) is 174 Å². The molecule has 5 heteroatoms. The average molecular weight is 553 g/mol. The molecule has 0 aromatic heterocycles. The summed E-state index contributed by atoms with van der Waals surface area (Å²) in [5.41, 5.74) is 0. The van der Waals surface area contributed by atoms with Crippen LogP contribution in [-0.4, -0.2) is 36.4 Å². The molecule has 0 spiro atoms. The molecule has 0 radical (unpaired) electrons. The van der Waals surface area contributed by atoms with Crippen molar-refractivity contribution in [1.82, 2.24) is 0 Å². The van der Waals surface area contributed by atoms with E-state index in [-0.39, 0.29) is 25.2 Å². The van der Waals surface area contributed by atoms with E-state index in [0.29, 0.717) is 12.8 Å². The zero-order valence-electron chi connectivity index (χ0n) is 25.9. The van der Waals surface area contributed by atoms with Crippen molar-refractivity contribution in [3.8, 4) is 0 Å². The van der Waals surface area contributed by atoms with E-state index < -0.39 is 6.10 Å². The first-order chi connectivity index (χ1) is 19.1. The number of allylic oxidation sites excluding steroid dienone is 2. The van der Waals surface area contributed by atoms with Crippen molar-refractivity contribution in [2.24, 2.45) is 0 Å². The third-order valence-electron chi connectivity index (χ3n) is 7.31. The number of ether oxygens (including phenoxy) is 2. The number of rotatable bonds is 30. The van der Waals surface area contributed by atoms with E-state index >= 15 is 0 Å². The van der Waals surface area contributed by atoms with Crippen LogP contribution in [0, 0.1) is 0 Å². The molecule has 0 aliphatic rings. The Hall–Kier alpha value is -1.36. The molecule has 0 aromatic rings. The van der Waals surface area contributed by atoms with Crippen LogP contribution in [-0.2, 0) is 19.1 Å². The molecule has 0 aliphatic carbocycles. The summed E-state index contributed by atoms with van der Waals surface area (Å²) in [6, 6.07) is 0. The van der Waals surface area contributed by atoms with Gasteiger partial charge in [-0.2, -0.15) is 0 Å². The van der Waals surface area contributed by atoms with Gasteiger partial charge in [-0.25, -0.2) is 0 Å². The van der Waals surface area contributed by atoms with E-state index in [1.165, 1.54) is 103 Å². The van der Waals surface area contributed by atoms with E-state index in [9.17, 15) is 14.7 Å². The Balaban J connectivity index is 3.58. The Morgan fingerprint density at radius 1 is 0.564 bits per heavy atom. The molecule has 0 aromatic carbocycles. The summed E-state index contributed by atoms with van der Waals surface area (Å²) in [7, 11) is 0. The molecular weight excluding hydrogens is 488 g/mol. The van der Waals surface area contributed by atoms with Gasteiger partial charge in [0.15, 0.2) is 6.10 Å². The van der Waals surface area contributed by atoms with Crippen molar-refractivity contribution in [1.29, 1.82) is 0 Å². The third kappa shape index (κ3) is 29.4. The van der Waals surface area contributed by atoms with Crippen LogP contribution in [0.2, 0.25) is 0 Å². The fourth-order valence-electron chi connectivity index (χ4n) is 4.72. The molecular formula is C34H64O5. The minimum atomic E-state index is -0.766. The second-order valence-corrected chi connectivity index (χ2v) is 11.2. The van der Waals surface area contributed by atoms with Crippen LogP contribution >= 0.6 is 0 Å². The van der Waals surface area contributed by atoms with Gasteiger partial charge in [0, 0.05) is 12.8 Å². The quantitative estimate of drug-likeness (QED) is 0.0545. The topological polar surface area (TPSA) is 72.8 Å². The maximum Gasteiger partial charge on any atom is 0.306 e. The first-order valence-corrected chi connectivity index (χ1v) is 16.7. The largest absolute Gasteiger partial charge is 0.462 e. The van der Waals surface area contributed by atoms with E-state index in [1.54, 1.807) is 0 Å². The standard InChI is InChI=1S/C34H64O5/c1-3-5-7-9-11-13-15-17-19-21-23-25-27-29-34(37)39-32(30-35)31-38-33(36)28-26-24-22-20-18-16-14-12-10-8-6-4-2/h13,15,32,35H,3-12,14,16-31H2,1-2H3/t32-/m0/s1. The molecule has 1 N–H and O–H groups in total. The van der Waals surface area contributed by atoms with E-state index in [4.69, 9.17) is 9.47 Å². The smallest absolute Gasteiger partial charge is 0.306 e. The minimum Gasteiger partial charge on any atom is -0.462 e. The van der Waals surface area contributed by atoms with Gasteiger partial charge in [0.1, 0.15) is 6.61 Å². The van der Waals surface area contributed by atoms with Gasteiger partial charge in [-0.15, -0.1) is 0 Å². The highest BCUT2D eigenvalue weighted by atomic mass is 16.6. The number of hydrogen-bond donors (Lipinski definition) is 1. The van der Waals surface area contributed by atoms with Crippen molar-refractivity contribution in [2.75, 3.05) is 13.2 Å². The summed E-state index contributed by atoms with van der Waals surface area (Å²) in [5, 5.41) is 9.49. The van der Waals surface area contributed by atoms with Gasteiger partial charge in [-0.1, -0.05) is 135 Å². The molecule has 230 valence electrons. The lowest BCUT2D eigenvalue weighted by atomic mass is 10.0. The monoisotopic (exact) mass is 552 g/mol. The first-order valence-electron chi connectivity index (χ1n) is 16.7. The number of hydrogen-bond acceptors (Lipinski definition) is 5. The fraction of sp³-hybridized carbons (Fsp3) is 0.882. The maximum atomic E-state index is 12.1. The Morgan fingerprint density at radius 3 is 1.41 bits per heavy atom. The summed E-state index contributed by atoms with van der Waals surface area (Å²) >= 11 is 0. The van der Waals surface area contributed by atoms with Crippen LogP contribution in [0.15, 0.2) is 12.2 Å². The summed E-state index contributed by atoms with van der Waals surface area (Å²) in [4.78, 5) is 24.1. The van der Waals surface area contributed by atoms with Crippen molar-refractivity contribution in [2.45, 2.75) is 180 Å². The molecule has 39 heavy (non-hydrogen) atoms. The van der Waals surface area contributed by atoms with Crippen LogP contribution in [0.4, 0.5) is 0 Å². The number of unbranched alkanes of at least 4 members (excludes halogenated alkanes) is 20. The minimum absolute atomic E-state index is 0.0640. The van der Waals surface area contributed by atoms with Gasteiger partial charge in [-0.3, -0.25) is 9.59 Å². The van der Waals surface area contributed by atoms with Crippen LogP contribution in [0.5, 0.6) is 0 Å². The zero-order valence-corrected chi connectivity index (χ0v) is 25.9. The van der Waals surface area contributed by atoms with Gasteiger partial charge in [0.25, 0.3) is 0 Å². The number of carbonyl (C=O) groups excluding carboxylic acids is 2. The zero-order chi connectivity index (χ0) is 28.7. The molecule has 0 heterocycles. The predicted octanol–water partition coefficient (Wildman–Crippen LogP) is 9.78. The lowest BCUT2D eigenvalue weighted by Gasteiger charge is -2.15. The van der Waals surface area contributed by atoms with Crippen molar-refractivity contribution in [3.05, 3.63) is 12.2 Å². The van der Waals surface area contributed by atoms with Gasteiger partial charge in [-0.05, 0) is 38.5 Å². The summed E-state index contributed by atoms with van der Waals surface area (Å²) in [5.74, 6) is -0.597. The second-order valence-electron chi connectivity index (χ2n) is 11.2. The molecule has 0 rings (SSSR count). The first kappa shape index (κ1) is 37.6. The van der Waals surface area contributed by atoms with Crippen LogP contribution < -0.4 is 0 Å². The summed E-state index contributed by atoms with van der Waals surface area (Å²) in [6.45, 7) is 4.10. The number of esters is 2. The predicted molar refractivity (Wildman–Crippen MR) is 164 cm³/mol. The summed E-state index contributed by atoms with van der Waals surface area (Å²) in [6.07, 6.45) is 32.6. The Labute approximate surface area is 241 Å². The fourth-order valence-corrected chi connectivity index (χ4v) is 4.72. The lowest BCUT2D eigenvalue weighted by molar-refractivity contribution is -0.161. The van der Waals surface area contributed by atoms with Gasteiger partial charge in [0.2, 0.25) is 0 Å². The average Bonchev–Trinajstić information content (AvgIpc) is 2.94. The SMILES string of the molecule is CCCCCCC=CCCCCCCCC(=O)O[C@@H](CO)COC(=O)CCCCCCCCCCCCCC. The van der Waals surface area contributed by atoms with Crippen molar-refractivity contribution in [3.63, 3.8) is 0 Å². The molecule has 0 saturated heterocycles. The molecule has 0 amide bonds. The molecule has 0 saturated carbocycles. The van der Waals surface area contributed by atoms with Gasteiger partial charge < -0.3 is 14.6 Å². The van der Waals surface area contributed by atoms with Crippen molar-refractivity contribution < 1.29 is 24.2 Å². The normalized spacial score (nSPS) is 12.2. The Bertz CT molecular complexity index is 560. The van der Waals surface area contributed by atoms with Gasteiger partial charge >= 0.3 is 11.9 Å². The molecule has 5 nitrogen and oxygen atoms in total. The van der Waals surface area contributed by atoms with Gasteiger partial charge in [0.05, 0.1) is 6.61 Å². The van der Waals surface area contributed by atoms with E-state index in [2.05, 4.69) is 26.0 Å². The molecule has 0 unspecified atom stereocenters. The van der Waals surface area contributed by atoms with Crippen LogP contribution in [0.25, 0.3) is 0 Å². The highest BCUT2D eigenvalue weighted by Crippen LogP contribution is 2.13. The lowest BCUT2D eigenvalue weighted by Crippen LogP contribution is -2.28. The van der Waals surface area contributed by atoms with E-state index in [1.807, 2.05) is 0 Å². The molecule has 0 aliphatic heterocycles. The Kier molecular flexibility index (Phi) is 30.1. The van der Waals surface area contributed by atoms with Crippen LogP contribution in [0.3, 0.4) is 0 Å². The molecule has 1 atom stereocenters. The Morgan fingerprint density at radius 2 is 0.949 bits per heavy atom. The second kappa shape index (κ2) is 31.2. The van der Waals surface area contributed by atoms with Crippen molar-refractivity contribution >= 4 is 11.9 Å². The van der Waals surface area contributed by atoms with E-state index in [0.717, 1.165) is 44.9 Å². The maximum absolute atomic E-state index is 12.1. The molecule has 0 fully saturated rings. The summed E-state index contributed by atoms with van der Waals surface area (Å²) < 4.78 is 10.5. The highest BCUT2D eigenvalue weighted by Gasteiger charge is 2.16. The number of aliphatic hydroxyl groups is 1. The third-order valence-corrected chi connectivity index (χ3v) is 7.31. The number of aliphatic hydroxyl groups excluding tert-OH is 1. The number of carbonyl (C=O) groups is 2. The molecule has 0 bridgehead atoms. The highest BCUT2D eigenvalue weighted by molar-refractivity contribution is 5.70.